The number of thioether (sulfide) groups is 1. The predicted octanol–water partition coefficient (Wildman–Crippen LogP) is 2.78. The molecule has 0 saturated carbocycles. The number of hydrogen-bond acceptors (Lipinski definition) is 4. The van der Waals surface area contributed by atoms with Crippen LogP contribution in [0.1, 0.15) is 50.3 Å². The molecule has 3 unspecified atom stereocenters. The molecule has 3 atom stereocenters. The molecule has 0 aromatic carbocycles. The summed E-state index contributed by atoms with van der Waals surface area (Å²) in [5, 5.41) is 7.98. The lowest BCUT2D eigenvalue weighted by Gasteiger charge is -2.37. The Hall–Kier alpha value is -0.520. The smallest absolute Gasteiger partial charge is 0.0800 e. The van der Waals surface area contributed by atoms with Crippen LogP contribution in [-0.2, 0) is 4.74 Å². The van der Waals surface area contributed by atoms with Crippen LogP contribution in [0.2, 0.25) is 0 Å². The predicted molar refractivity (Wildman–Crippen MR) is 83.2 cm³/mol. The second-order valence-electron chi connectivity index (χ2n) is 5.98. The molecule has 5 heteroatoms. The molecule has 3 rings (SSSR count). The molecule has 3 heterocycles. The fourth-order valence-electron chi connectivity index (χ4n) is 3.43. The Morgan fingerprint density at radius 3 is 3.25 bits per heavy atom. The monoisotopic (exact) mass is 295 g/mol. The Balaban J connectivity index is 1.72. The lowest BCUT2D eigenvalue weighted by atomic mass is 9.90. The van der Waals surface area contributed by atoms with Crippen LogP contribution in [0.15, 0.2) is 12.4 Å². The summed E-state index contributed by atoms with van der Waals surface area (Å²) in [6, 6.07) is 0.921. The Morgan fingerprint density at radius 2 is 2.55 bits per heavy atom. The van der Waals surface area contributed by atoms with E-state index in [1.807, 2.05) is 25.0 Å². The van der Waals surface area contributed by atoms with Crippen LogP contribution in [0.4, 0.5) is 0 Å². The van der Waals surface area contributed by atoms with Crippen molar-refractivity contribution in [1.82, 2.24) is 15.1 Å². The second kappa shape index (κ2) is 6.08. The first-order valence-electron chi connectivity index (χ1n) is 7.69. The fourth-order valence-corrected chi connectivity index (χ4v) is 4.81. The van der Waals surface area contributed by atoms with Crippen LogP contribution in [0.3, 0.4) is 0 Å². The molecule has 2 saturated heterocycles. The van der Waals surface area contributed by atoms with Crippen molar-refractivity contribution in [2.24, 2.45) is 0 Å². The van der Waals surface area contributed by atoms with Crippen molar-refractivity contribution >= 4 is 11.8 Å². The molecule has 1 aromatic rings. The highest BCUT2D eigenvalue weighted by molar-refractivity contribution is 7.99. The third-order valence-corrected chi connectivity index (χ3v) is 5.91. The molecule has 2 aliphatic rings. The molecule has 0 amide bonds. The van der Waals surface area contributed by atoms with Crippen molar-refractivity contribution in [3.8, 4) is 0 Å². The highest BCUT2D eigenvalue weighted by Gasteiger charge is 2.41. The second-order valence-corrected chi connectivity index (χ2v) is 7.09. The molecule has 4 nitrogen and oxygen atoms in total. The average Bonchev–Trinajstić information content (AvgIpc) is 3.11. The van der Waals surface area contributed by atoms with Crippen molar-refractivity contribution in [3.63, 3.8) is 0 Å². The van der Waals surface area contributed by atoms with Gasteiger partial charge in [-0.15, -0.1) is 0 Å². The number of rotatable bonds is 4. The van der Waals surface area contributed by atoms with Crippen molar-refractivity contribution in [3.05, 3.63) is 18.0 Å². The lowest BCUT2D eigenvalue weighted by Crippen LogP contribution is -2.40. The van der Waals surface area contributed by atoms with Crippen LogP contribution >= 0.6 is 11.8 Å². The quantitative estimate of drug-likeness (QED) is 0.927. The molecule has 1 N–H and O–H groups in total. The van der Waals surface area contributed by atoms with Gasteiger partial charge in [0.05, 0.1) is 17.8 Å². The molecule has 20 heavy (non-hydrogen) atoms. The number of aromatic nitrogens is 2. The highest BCUT2D eigenvalue weighted by Crippen LogP contribution is 2.41. The van der Waals surface area contributed by atoms with Gasteiger partial charge in [0.2, 0.25) is 0 Å². The van der Waals surface area contributed by atoms with Gasteiger partial charge in [0.15, 0.2) is 0 Å². The minimum atomic E-state index is 0.132. The van der Waals surface area contributed by atoms with Crippen molar-refractivity contribution < 1.29 is 4.74 Å². The average molecular weight is 295 g/mol. The van der Waals surface area contributed by atoms with Gasteiger partial charge in [0.25, 0.3) is 0 Å². The summed E-state index contributed by atoms with van der Waals surface area (Å²) in [4.78, 5) is 0. The zero-order valence-corrected chi connectivity index (χ0v) is 13.3. The van der Waals surface area contributed by atoms with E-state index in [-0.39, 0.29) is 5.60 Å². The van der Waals surface area contributed by atoms with Gasteiger partial charge in [-0.1, -0.05) is 6.92 Å². The third-order valence-electron chi connectivity index (χ3n) is 4.69. The Bertz CT molecular complexity index is 438. The largest absolute Gasteiger partial charge is 0.374 e. The maximum atomic E-state index is 6.10. The van der Waals surface area contributed by atoms with E-state index in [2.05, 4.69) is 28.2 Å². The van der Waals surface area contributed by atoms with E-state index in [9.17, 15) is 0 Å². The third kappa shape index (κ3) is 2.76. The molecule has 2 fully saturated rings. The van der Waals surface area contributed by atoms with Gasteiger partial charge in [-0.3, -0.25) is 4.68 Å². The van der Waals surface area contributed by atoms with E-state index in [4.69, 9.17) is 4.74 Å². The van der Waals surface area contributed by atoms with E-state index in [0.717, 1.165) is 31.6 Å². The normalized spacial score (nSPS) is 31.8. The summed E-state index contributed by atoms with van der Waals surface area (Å²) in [7, 11) is 2.02. The van der Waals surface area contributed by atoms with Gasteiger partial charge in [-0.2, -0.15) is 16.9 Å². The van der Waals surface area contributed by atoms with E-state index in [1.54, 1.807) is 0 Å². The van der Waals surface area contributed by atoms with E-state index >= 15 is 0 Å². The first-order valence-corrected chi connectivity index (χ1v) is 8.85. The molecule has 1 aromatic heterocycles. The fraction of sp³-hybridized carbons (Fsp3) is 0.800. The van der Waals surface area contributed by atoms with Crippen molar-refractivity contribution in [2.75, 3.05) is 25.2 Å². The molecule has 0 aliphatic carbocycles. The number of ether oxygens (including phenoxy) is 1. The van der Waals surface area contributed by atoms with Crippen LogP contribution in [0.5, 0.6) is 0 Å². The van der Waals surface area contributed by atoms with E-state index in [1.165, 1.54) is 17.7 Å². The van der Waals surface area contributed by atoms with Gasteiger partial charge in [0, 0.05) is 30.2 Å². The van der Waals surface area contributed by atoms with Crippen LogP contribution < -0.4 is 5.32 Å². The minimum absolute atomic E-state index is 0.132. The topological polar surface area (TPSA) is 39.1 Å². The summed E-state index contributed by atoms with van der Waals surface area (Å²) in [5.74, 6) is 2.40. The molecule has 2 aliphatic heterocycles. The number of nitrogens with one attached hydrogen (secondary N) is 1. The van der Waals surface area contributed by atoms with Crippen LogP contribution in [0.25, 0.3) is 0 Å². The van der Waals surface area contributed by atoms with Gasteiger partial charge < -0.3 is 10.1 Å². The molecule has 0 bridgehead atoms. The van der Waals surface area contributed by atoms with Gasteiger partial charge in [-0.25, -0.2) is 0 Å². The molecular weight excluding hydrogens is 270 g/mol. The zero-order valence-electron chi connectivity index (χ0n) is 12.5. The molecule has 1 spiro atoms. The zero-order chi connectivity index (χ0) is 14.0. The molecule has 112 valence electrons. The summed E-state index contributed by atoms with van der Waals surface area (Å²) in [6.07, 6.45) is 8.76. The van der Waals surface area contributed by atoms with Gasteiger partial charge in [0.1, 0.15) is 0 Å². The van der Waals surface area contributed by atoms with Crippen LogP contribution in [-0.4, -0.2) is 40.5 Å². The summed E-state index contributed by atoms with van der Waals surface area (Å²) in [6.45, 7) is 3.08. The first kappa shape index (κ1) is 14.4. The Morgan fingerprint density at radius 1 is 1.65 bits per heavy atom. The maximum absolute atomic E-state index is 6.10. The SMILES string of the molecule is CCC(NC)c1cnn(C2CCOC3(CCSC3)C2)c1. The number of nitrogens with zero attached hydrogens (tertiary/aromatic N) is 2. The van der Waals surface area contributed by atoms with Gasteiger partial charge in [-0.05, 0) is 38.5 Å². The minimum Gasteiger partial charge on any atom is -0.374 e. The summed E-state index contributed by atoms with van der Waals surface area (Å²) < 4.78 is 8.28. The Labute approximate surface area is 125 Å². The summed E-state index contributed by atoms with van der Waals surface area (Å²) >= 11 is 2.03. The van der Waals surface area contributed by atoms with E-state index in [0.29, 0.717) is 12.1 Å². The highest BCUT2D eigenvalue weighted by atomic mass is 32.2. The molecule has 0 radical (unpaired) electrons. The van der Waals surface area contributed by atoms with Crippen LogP contribution in [0, 0.1) is 0 Å². The number of hydrogen-bond donors (Lipinski definition) is 1. The first-order chi connectivity index (χ1) is 9.76. The summed E-state index contributed by atoms with van der Waals surface area (Å²) in [5.41, 5.74) is 1.43. The van der Waals surface area contributed by atoms with Crippen molar-refractivity contribution in [2.45, 2.75) is 50.3 Å². The standard InChI is InChI=1S/C15H25N3OS/c1-3-14(16-2)12-9-17-18(10-12)13-4-6-19-15(8-13)5-7-20-11-15/h9-10,13-14,16H,3-8,11H2,1-2H3. The van der Waals surface area contributed by atoms with Crippen molar-refractivity contribution in [1.29, 1.82) is 0 Å². The van der Waals surface area contributed by atoms with Gasteiger partial charge >= 0.3 is 0 Å². The Kier molecular flexibility index (Phi) is 4.38. The maximum Gasteiger partial charge on any atom is 0.0800 e. The lowest BCUT2D eigenvalue weighted by molar-refractivity contribution is -0.0778. The van der Waals surface area contributed by atoms with E-state index < -0.39 is 0 Å². The molecular formula is C15H25N3OS.